The summed E-state index contributed by atoms with van der Waals surface area (Å²) in [6.45, 7) is 2.76. The molecule has 1 aromatic carbocycles. The molecule has 2 aromatic rings. The van der Waals surface area contributed by atoms with E-state index in [1.54, 1.807) is 0 Å². The molecule has 0 spiro atoms. The monoisotopic (exact) mass is 318 g/mol. The van der Waals surface area contributed by atoms with Crippen LogP contribution in [-0.4, -0.2) is 30.5 Å². The van der Waals surface area contributed by atoms with Crippen LogP contribution in [0.2, 0.25) is 5.02 Å². The van der Waals surface area contributed by atoms with E-state index in [-0.39, 0.29) is 6.04 Å². The van der Waals surface area contributed by atoms with Gasteiger partial charge in [0.2, 0.25) is 5.91 Å². The highest BCUT2D eigenvalue weighted by molar-refractivity contribution is 6.33. The number of rotatable bonds is 6. The molecule has 1 atom stereocenters. The maximum Gasteiger partial charge on any atom is 0.250 e. The van der Waals surface area contributed by atoms with Crippen molar-refractivity contribution in [3.05, 3.63) is 53.2 Å². The zero-order valence-electron chi connectivity index (χ0n) is 12.6. The van der Waals surface area contributed by atoms with Gasteiger partial charge < -0.3 is 16.0 Å². The fraction of sp³-hybridized carbons (Fsp3) is 0.250. The predicted octanol–water partition coefficient (Wildman–Crippen LogP) is 2.77. The molecule has 1 amide bonds. The Morgan fingerprint density at radius 1 is 1.41 bits per heavy atom. The maximum atomic E-state index is 11.1. The fourth-order valence-corrected chi connectivity index (χ4v) is 2.23. The summed E-state index contributed by atoms with van der Waals surface area (Å²) in [6.07, 6.45) is 1.42. The molecule has 0 radical (unpaired) electrons. The Labute approximate surface area is 135 Å². The van der Waals surface area contributed by atoms with Crippen molar-refractivity contribution >= 4 is 29.0 Å². The Kier molecular flexibility index (Phi) is 5.22. The highest BCUT2D eigenvalue weighted by Crippen LogP contribution is 2.20. The van der Waals surface area contributed by atoms with Crippen molar-refractivity contribution in [3.8, 4) is 0 Å². The average Bonchev–Trinajstić information content (AvgIpc) is 2.53. The molecule has 0 fully saturated rings. The van der Waals surface area contributed by atoms with E-state index in [9.17, 15) is 4.79 Å². The molecule has 2 rings (SSSR count). The van der Waals surface area contributed by atoms with Gasteiger partial charge in [-0.15, -0.1) is 0 Å². The third-order valence-corrected chi connectivity index (χ3v) is 3.80. The molecule has 0 saturated carbocycles. The normalized spacial score (nSPS) is 11.8. The quantitative estimate of drug-likeness (QED) is 0.859. The van der Waals surface area contributed by atoms with Crippen molar-refractivity contribution in [2.24, 2.45) is 5.73 Å². The lowest BCUT2D eigenvalue weighted by Gasteiger charge is -2.27. The van der Waals surface area contributed by atoms with E-state index in [0.717, 1.165) is 5.69 Å². The first-order chi connectivity index (χ1) is 10.5. The SMILES string of the molecule is C[C@H](CNc1ncc(C(N)=O)cc1Cl)N(C)c1ccccc1. The van der Waals surface area contributed by atoms with Crippen LogP contribution < -0.4 is 16.0 Å². The van der Waals surface area contributed by atoms with Gasteiger partial charge in [0, 0.05) is 31.5 Å². The van der Waals surface area contributed by atoms with E-state index >= 15 is 0 Å². The molecule has 1 aromatic heterocycles. The Morgan fingerprint density at radius 2 is 2.09 bits per heavy atom. The van der Waals surface area contributed by atoms with Crippen LogP contribution in [0.15, 0.2) is 42.6 Å². The second-order valence-corrected chi connectivity index (χ2v) is 5.50. The number of nitrogens with zero attached hydrogens (tertiary/aromatic N) is 2. The van der Waals surface area contributed by atoms with Crippen LogP contribution in [0.5, 0.6) is 0 Å². The molecular formula is C16H19ClN4O. The molecule has 116 valence electrons. The van der Waals surface area contributed by atoms with Crippen LogP contribution in [-0.2, 0) is 0 Å². The lowest BCUT2D eigenvalue weighted by atomic mass is 10.2. The van der Waals surface area contributed by atoms with Gasteiger partial charge in [0.15, 0.2) is 0 Å². The molecule has 0 bridgehead atoms. The van der Waals surface area contributed by atoms with E-state index in [2.05, 4.69) is 34.3 Å². The Balaban J connectivity index is 1.99. The fourth-order valence-electron chi connectivity index (χ4n) is 2.00. The summed E-state index contributed by atoms with van der Waals surface area (Å²) >= 11 is 6.11. The highest BCUT2D eigenvalue weighted by atomic mass is 35.5. The third kappa shape index (κ3) is 3.89. The molecule has 0 aliphatic rings. The second-order valence-electron chi connectivity index (χ2n) is 5.10. The van der Waals surface area contributed by atoms with Crippen LogP contribution in [0.3, 0.4) is 0 Å². The van der Waals surface area contributed by atoms with Gasteiger partial charge in [-0.1, -0.05) is 29.8 Å². The van der Waals surface area contributed by atoms with Crippen LogP contribution >= 0.6 is 11.6 Å². The van der Waals surface area contributed by atoms with Crippen molar-refractivity contribution in [1.29, 1.82) is 0 Å². The first-order valence-corrected chi connectivity index (χ1v) is 7.34. The number of aromatic nitrogens is 1. The number of anilines is 2. The Bertz CT molecular complexity index is 648. The maximum absolute atomic E-state index is 11.1. The average molecular weight is 319 g/mol. The summed E-state index contributed by atoms with van der Waals surface area (Å²) in [5, 5.41) is 3.57. The first-order valence-electron chi connectivity index (χ1n) is 6.96. The predicted molar refractivity (Wildman–Crippen MR) is 90.6 cm³/mol. The summed E-state index contributed by atoms with van der Waals surface area (Å²) in [6, 6.07) is 11.9. The number of halogens is 1. The second kappa shape index (κ2) is 7.13. The van der Waals surface area contributed by atoms with Gasteiger partial charge >= 0.3 is 0 Å². The van der Waals surface area contributed by atoms with Crippen molar-refractivity contribution in [2.75, 3.05) is 23.8 Å². The van der Waals surface area contributed by atoms with E-state index in [0.29, 0.717) is 22.9 Å². The molecule has 0 aliphatic carbocycles. The molecule has 0 unspecified atom stereocenters. The molecule has 0 saturated heterocycles. The standard InChI is InChI=1S/C16H19ClN4O/c1-11(21(2)13-6-4-3-5-7-13)9-19-16-14(17)8-12(10-20-16)15(18)22/h3-8,10-11H,9H2,1-2H3,(H2,18,22)(H,19,20)/t11-/m1/s1. The number of para-hydroxylation sites is 1. The van der Waals surface area contributed by atoms with E-state index in [4.69, 9.17) is 17.3 Å². The van der Waals surface area contributed by atoms with Crippen molar-refractivity contribution < 1.29 is 4.79 Å². The molecule has 0 aliphatic heterocycles. The number of hydrogen-bond acceptors (Lipinski definition) is 4. The number of likely N-dealkylation sites (N-methyl/N-ethyl adjacent to an activating group) is 1. The topological polar surface area (TPSA) is 71.2 Å². The van der Waals surface area contributed by atoms with Gasteiger partial charge in [0.25, 0.3) is 0 Å². The van der Waals surface area contributed by atoms with Gasteiger partial charge in [0.1, 0.15) is 5.82 Å². The summed E-state index contributed by atoms with van der Waals surface area (Å²) in [4.78, 5) is 17.4. The number of pyridine rings is 1. The Morgan fingerprint density at radius 3 is 2.68 bits per heavy atom. The number of hydrogen-bond donors (Lipinski definition) is 2. The summed E-state index contributed by atoms with van der Waals surface area (Å²) < 4.78 is 0. The Hall–Kier alpha value is -2.27. The summed E-state index contributed by atoms with van der Waals surface area (Å²) in [5.41, 5.74) is 6.63. The number of benzene rings is 1. The zero-order valence-corrected chi connectivity index (χ0v) is 13.3. The van der Waals surface area contributed by atoms with Crippen molar-refractivity contribution in [3.63, 3.8) is 0 Å². The molecule has 22 heavy (non-hydrogen) atoms. The van der Waals surface area contributed by atoms with Gasteiger partial charge in [-0.25, -0.2) is 4.98 Å². The van der Waals surface area contributed by atoms with Crippen molar-refractivity contribution in [2.45, 2.75) is 13.0 Å². The van der Waals surface area contributed by atoms with Gasteiger partial charge in [-0.2, -0.15) is 0 Å². The van der Waals surface area contributed by atoms with Crippen LogP contribution in [0.4, 0.5) is 11.5 Å². The number of nitrogens with two attached hydrogens (primary N) is 1. The minimum absolute atomic E-state index is 0.232. The lowest BCUT2D eigenvalue weighted by molar-refractivity contribution is 0.1000. The van der Waals surface area contributed by atoms with Crippen LogP contribution in [0.1, 0.15) is 17.3 Å². The molecule has 6 heteroatoms. The minimum Gasteiger partial charge on any atom is -0.370 e. The van der Waals surface area contributed by atoms with E-state index in [1.165, 1.54) is 12.3 Å². The minimum atomic E-state index is -0.543. The van der Waals surface area contributed by atoms with Crippen LogP contribution in [0.25, 0.3) is 0 Å². The first kappa shape index (κ1) is 16.1. The third-order valence-electron chi connectivity index (χ3n) is 3.52. The van der Waals surface area contributed by atoms with Crippen LogP contribution in [0, 0.1) is 0 Å². The largest absolute Gasteiger partial charge is 0.370 e. The molecular weight excluding hydrogens is 300 g/mol. The van der Waals surface area contributed by atoms with E-state index < -0.39 is 5.91 Å². The van der Waals surface area contributed by atoms with Crippen molar-refractivity contribution in [1.82, 2.24) is 4.98 Å². The number of amides is 1. The number of primary amides is 1. The summed E-state index contributed by atoms with van der Waals surface area (Å²) in [5.74, 6) is -0.00175. The zero-order chi connectivity index (χ0) is 16.1. The lowest BCUT2D eigenvalue weighted by Crippen LogP contribution is -2.35. The number of carbonyl (C=O) groups is 1. The van der Waals surface area contributed by atoms with Gasteiger partial charge in [-0.05, 0) is 25.1 Å². The summed E-state index contributed by atoms with van der Waals surface area (Å²) in [7, 11) is 2.03. The molecule has 3 N–H and O–H groups in total. The number of carbonyl (C=O) groups excluding carboxylic acids is 1. The molecule has 1 heterocycles. The number of nitrogens with one attached hydrogen (secondary N) is 1. The molecule has 5 nitrogen and oxygen atoms in total. The van der Waals surface area contributed by atoms with Gasteiger partial charge in [-0.3, -0.25) is 4.79 Å². The highest BCUT2D eigenvalue weighted by Gasteiger charge is 2.12. The van der Waals surface area contributed by atoms with E-state index in [1.807, 2.05) is 25.2 Å². The smallest absolute Gasteiger partial charge is 0.250 e. The van der Waals surface area contributed by atoms with Gasteiger partial charge in [0.05, 0.1) is 10.6 Å².